The predicted molar refractivity (Wildman–Crippen MR) is 57.5 cm³/mol. The second-order valence-corrected chi connectivity index (χ2v) is 3.78. The molecule has 1 saturated heterocycles. The Kier molecular flexibility index (Phi) is 2.90. The molecule has 0 aromatic heterocycles. The average molecular weight is 205 g/mol. The molecule has 0 radical (unpaired) electrons. The van der Waals surface area contributed by atoms with Crippen molar-refractivity contribution in [3.63, 3.8) is 0 Å². The van der Waals surface area contributed by atoms with E-state index in [1.54, 1.807) is 4.90 Å². The number of ether oxygens (including phenoxy) is 1. The van der Waals surface area contributed by atoms with Crippen LogP contribution in [0.1, 0.15) is 25.0 Å². The molecule has 3 heteroatoms. The Balaban J connectivity index is 1.91. The van der Waals surface area contributed by atoms with Crippen molar-refractivity contribution in [2.24, 2.45) is 0 Å². The maximum Gasteiger partial charge on any atom is 0.410 e. The van der Waals surface area contributed by atoms with E-state index in [4.69, 9.17) is 4.74 Å². The first-order valence-corrected chi connectivity index (χ1v) is 5.28. The van der Waals surface area contributed by atoms with Gasteiger partial charge in [0.15, 0.2) is 0 Å². The van der Waals surface area contributed by atoms with Crippen LogP contribution in [-0.2, 0) is 4.74 Å². The largest absolute Gasteiger partial charge is 0.442 e. The Morgan fingerprint density at radius 3 is 2.53 bits per heavy atom. The summed E-state index contributed by atoms with van der Waals surface area (Å²) in [5, 5.41) is 0. The summed E-state index contributed by atoms with van der Waals surface area (Å²) in [4.78, 5) is 13.2. The molecular formula is C12H15NO2. The van der Waals surface area contributed by atoms with E-state index < -0.39 is 0 Å². The third-order valence-electron chi connectivity index (χ3n) is 2.66. The number of hydrogen-bond donors (Lipinski definition) is 0. The third kappa shape index (κ3) is 2.29. The second-order valence-electron chi connectivity index (χ2n) is 3.78. The zero-order chi connectivity index (χ0) is 10.7. The van der Waals surface area contributed by atoms with Crippen molar-refractivity contribution < 1.29 is 9.53 Å². The molecule has 1 heterocycles. The predicted octanol–water partition coefficient (Wildman–Crippen LogP) is 2.59. The Morgan fingerprint density at radius 2 is 2.00 bits per heavy atom. The molecule has 1 unspecified atom stereocenters. The van der Waals surface area contributed by atoms with Crippen LogP contribution >= 0.6 is 0 Å². The molecule has 0 bridgehead atoms. The molecule has 80 valence electrons. The molecule has 2 rings (SSSR count). The van der Waals surface area contributed by atoms with E-state index in [1.165, 1.54) is 0 Å². The summed E-state index contributed by atoms with van der Waals surface area (Å²) in [6, 6.07) is 9.78. The lowest BCUT2D eigenvalue weighted by Gasteiger charge is -2.31. The minimum absolute atomic E-state index is 0.167. The molecule has 15 heavy (non-hydrogen) atoms. The summed E-state index contributed by atoms with van der Waals surface area (Å²) in [5.74, 6) is 0. The van der Waals surface area contributed by atoms with Crippen LogP contribution in [0.15, 0.2) is 30.3 Å². The van der Waals surface area contributed by atoms with Gasteiger partial charge in [0, 0.05) is 13.1 Å². The molecule has 0 spiro atoms. The summed E-state index contributed by atoms with van der Waals surface area (Å²) in [5.41, 5.74) is 1.03. The number of carbonyl (C=O) groups excluding carboxylic acids is 1. The Bertz CT molecular complexity index is 333. The summed E-state index contributed by atoms with van der Waals surface area (Å²) in [7, 11) is 0. The van der Waals surface area contributed by atoms with Crippen LogP contribution in [0.25, 0.3) is 0 Å². The lowest BCUT2D eigenvalue weighted by molar-refractivity contribution is 0.0525. The van der Waals surface area contributed by atoms with Gasteiger partial charge in [0.05, 0.1) is 0 Å². The van der Waals surface area contributed by atoms with Gasteiger partial charge in [-0.1, -0.05) is 30.3 Å². The van der Waals surface area contributed by atoms with E-state index >= 15 is 0 Å². The maximum atomic E-state index is 11.5. The normalized spacial score (nSPS) is 16.7. The number of carbonyl (C=O) groups is 1. The molecule has 0 N–H and O–H groups in total. The average Bonchev–Trinajstić information content (AvgIpc) is 2.16. The number of amides is 1. The minimum Gasteiger partial charge on any atom is -0.442 e. The lowest BCUT2D eigenvalue weighted by Crippen LogP contribution is -2.42. The molecule has 1 amide bonds. The van der Waals surface area contributed by atoms with Gasteiger partial charge in [-0.25, -0.2) is 4.79 Å². The Morgan fingerprint density at radius 1 is 1.33 bits per heavy atom. The topological polar surface area (TPSA) is 29.5 Å². The summed E-state index contributed by atoms with van der Waals surface area (Å²) < 4.78 is 5.33. The summed E-state index contributed by atoms with van der Waals surface area (Å²) in [6.45, 7) is 3.56. The highest BCUT2D eigenvalue weighted by Crippen LogP contribution is 2.18. The van der Waals surface area contributed by atoms with Gasteiger partial charge in [-0.3, -0.25) is 0 Å². The van der Waals surface area contributed by atoms with E-state index in [0.717, 1.165) is 25.1 Å². The molecule has 1 aromatic rings. The lowest BCUT2D eigenvalue weighted by atomic mass is 10.1. The number of likely N-dealkylation sites (tertiary alicyclic amines) is 1. The Hall–Kier alpha value is -1.51. The van der Waals surface area contributed by atoms with Crippen LogP contribution in [0.5, 0.6) is 0 Å². The molecule has 1 atom stereocenters. The van der Waals surface area contributed by atoms with Crippen molar-refractivity contribution in [3.05, 3.63) is 35.9 Å². The van der Waals surface area contributed by atoms with Crippen molar-refractivity contribution in [3.8, 4) is 0 Å². The highest BCUT2D eigenvalue weighted by molar-refractivity contribution is 5.68. The fraction of sp³-hybridized carbons (Fsp3) is 0.417. The number of rotatable bonds is 2. The molecule has 1 aromatic carbocycles. The van der Waals surface area contributed by atoms with Crippen molar-refractivity contribution in [2.75, 3.05) is 13.1 Å². The van der Waals surface area contributed by atoms with Gasteiger partial charge in [-0.05, 0) is 18.9 Å². The first kappa shape index (κ1) is 10.0. The smallest absolute Gasteiger partial charge is 0.410 e. The highest BCUT2D eigenvalue weighted by Gasteiger charge is 2.23. The van der Waals surface area contributed by atoms with Gasteiger partial charge in [-0.2, -0.15) is 0 Å². The Labute approximate surface area is 89.7 Å². The first-order valence-electron chi connectivity index (χ1n) is 5.28. The van der Waals surface area contributed by atoms with Crippen LogP contribution in [0.4, 0.5) is 4.79 Å². The zero-order valence-corrected chi connectivity index (χ0v) is 8.85. The van der Waals surface area contributed by atoms with Crippen LogP contribution in [-0.4, -0.2) is 24.1 Å². The molecule has 1 aliphatic heterocycles. The van der Waals surface area contributed by atoms with Gasteiger partial charge in [0.2, 0.25) is 0 Å². The van der Waals surface area contributed by atoms with Crippen LogP contribution in [0, 0.1) is 0 Å². The van der Waals surface area contributed by atoms with Crippen molar-refractivity contribution in [2.45, 2.75) is 19.4 Å². The fourth-order valence-electron chi connectivity index (χ4n) is 1.52. The quantitative estimate of drug-likeness (QED) is 0.742. The zero-order valence-electron chi connectivity index (χ0n) is 8.85. The first-order chi connectivity index (χ1) is 7.27. The van der Waals surface area contributed by atoms with Gasteiger partial charge in [0.1, 0.15) is 6.10 Å². The van der Waals surface area contributed by atoms with Gasteiger partial charge >= 0.3 is 6.09 Å². The molecule has 0 aliphatic carbocycles. The summed E-state index contributed by atoms with van der Waals surface area (Å²) >= 11 is 0. The number of nitrogens with zero attached hydrogens (tertiary/aromatic N) is 1. The molecule has 3 nitrogen and oxygen atoms in total. The highest BCUT2D eigenvalue weighted by atomic mass is 16.6. The number of hydrogen-bond acceptors (Lipinski definition) is 2. The minimum atomic E-state index is -0.197. The van der Waals surface area contributed by atoms with Crippen LogP contribution in [0.2, 0.25) is 0 Å². The molecule has 0 saturated carbocycles. The van der Waals surface area contributed by atoms with Gasteiger partial charge in [-0.15, -0.1) is 0 Å². The van der Waals surface area contributed by atoms with E-state index in [9.17, 15) is 4.79 Å². The van der Waals surface area contributed by atoms with E-state index in [1.807, 2.05) is 37.3 Å². The van der Waals surface area contributed by atoms with E-state index in [0.29, 0.717) is 0 Å². The van der Waals surface area contributed by atoms with E-state index in [2.05, 4.69) is 0 Å². The maximum absolute atomic E-state index is 11.5. The third-order valence-corrected chi connectivity index (χ3v) is 2.66. The SMILES string of the molecule is CC(OC(=O)N1CCC1)c1ccccc1. The van der Waals surface area contributed by atoms with Crippen LogP contribution in [0.3, 0.4) is 0 Å². The summed E-state index contributed by atoms with van der Waals surface area (Å²) in [6.07, 6.45) is 0.728. The molecule has 1 fully saturated rings. The molecule has 1 aliphatic rings. The standard InChI is InChI=1S/C12H15NO2/c1-10(11-6-3-2-4-7-11)15-12(14)13-8-5-9-13/h2-4,6-7,10H,5,8-9H2,1H3. The monoisotopic (exact) mass is 205 g/mol. The second kappa shape index (κ2) is 4.34. The van der Waals surface area contributed by atoms with Crippen molar-refractivity contribution in [1.29, 1.82) is 0 Å². The van der Waals surface area contributed by atoms with E-state index in [-0.39, 0.29) is 12.2 Å². The fourth-order valence-corrected chi connectivity index (χ4v) is 1.52. The molecular weight excluding hydrogens is 190 g/mol. The van der Waals surface area contributed by atoms with Crippen molar-refractivity contribution >= 4 is 6.09 Å². The van der Waals surface area contributed by atoms with Gasteiger partial charge in [0.25, 0.3) is 0 Å². The van der Waals surface area contributed by atoms with Gasteiger partial charge < -0.3 is 9.64 Å². The van der Waals surface area contributed by atoms with Crippen molar-refractivity contribution in [1.82, 2.24) is 4.90 Å². The van der Waals surface area contributed by atoms with Crippen LogP contribution < -0.4 is 0 Å². The number of benzene rings is 1.